The molecule has 5 aromatic rings. The van der Waals surface area contributed by atoms with E-state index in [0.717, 1.165) is 47.0 Å². The van der Waals surface area contributed by atoms with Crippen molar-refractivity contribution in [2.75, 3.05) is 62.4 Å². The Kier molecular flexibility index (Phi) is 13.3. The average Bonchev–Trinajstić information content (AvgIpc) is 3.72. The maximum atomic E-state index is 13.3. The lowest BCUT2D eigenvalue weighted by atomic mass is 10.1. The van der Waals surface area contributed by atoms with Gasteiger partial charge >= 0.3 is 0 Å². The molecule has 9 rings (SSSR count). The third-order valence-corrected chi connectivity index (χ3v) is 10.2. The molecule has 3 aromatic carbocycles. The summed E-state index contributed by atoms with van der Waals surface area (Å²) in [5.74, 6) is 1.65. The van der Waals surface area contributed by atoms with Crippen LogP contribution in [0.3, 0.4) is 0 Å². The van der Waals surface area contributed by atoms with Crippen LogP contribution in [-0.2, 0) is 35.7 Å². The average molecular weight is 808 g/mol. The van der Waals surface area contributed by atoms with Gasteiger partial charge in [0.05, 0.1) is 44.4 Å². The number of nitrogens with zero attached hydrogens (tertiary/aromatic N) is 9. The van der Waals surface area contributed by atoms with Crippen LogP contribution in [0, 0.1) is 10.1 Å². The molecule has 15 nitrogen and oxygen atoms in total. The Bertz CT molecular complexity index is 2240. The molecule has 2 amide bonds. The van der Waals surface area contributed by atoms with Crippen LogP contribution in [0.25, 0.3) is 11.4 Å². The highest BCUT2D eigenvalue weighted by molar-refractivity contribution is 6.28. The number of hydrogen-bond donors (Lipinski definition) is 0. The number of non-ortho nitro benzene ring substituents is 1. The Balaban J connectivity index is 0.000000196. The number of rotatable bonds is 8. The summed E-state index contributed by atoms with van der Waals surface area (Å²) in [5, 5.41) is 11.1. The van der Waals surface area contributed by atoms with E-state index in [2.05, 4.69) is 24.8 Å². The highest BCUT2D eigenvalue weighted by atomic mass is 35.5. The van der Waals surface area contributed by atoms with E-state index in [1.165, 1.54) is 12.1 Å². The summed E-state index contributed by atoms with van der Waals surface area (Å²) in [6, 6.07) is 25.8. The number of ether oxygens (including phenoxy) is 2. The molecule has 0 aliphatic carbocycles. The molecule has 0 radical (unpaired) electrons. The highest BCUT2D eigenvalue weighted by Crippen LogP contribution is 2.34. The number of halogens is 1. The molecule has 0 saturated carbocycles. The molecule has 16 heteroatoms. The van der Waals surface area contributed by atoms with Gasteiger partial charge in [0.2, 0.25) is 5.28 Å². The number of carbonyl (C=O) groups is 2. The Morgan fingerprint density at radius 3 is 1.53 bits per heavy atom. The van der Waals surface area contributed by atoms with E-state index in [1.807, 2.05) is 60.7 Å². The molecule has 2 fully saturated rings. The van der Waals surface area contributed by atoms with Gasteiger partial charge in [0.1, 0.15) is 23.0 Å². The number of anilines is 2. The molecule has 0 spiro atoms. The molecule has 2 aromatic heterocycles. The summed E-state index contributed by atoms with van der Waals surface area (Å²) >= 11 is 6.07. The van der Waals surface area contributed by atoms with Crippen LogP contribution in [0.5, 0.6) is 0 Å². The van der Waals surface area contributed by atoms with Crippen LogP contribution in [0.4, 0.5) is 17.3 Å². The van der Waals surface area contributed by atoms with Crippen molar-refractivity contribution in [3.8, 4) is 11.4 Å². The minimum Gasteiger partial charge on any atom is -0.378 e. The second-order valence-corrected chi connectivity index (χ2v) is 14.0. The number of aromatic nitrogens is 4. The summed E-state index contributed by atoms with van der Waals surface area (Å²) < 4.78 is 10.9. The molecule has 0 atom stereocenters. The van der Waals surface area contributed by atoms with Crippen LogP contribution in [0.15, 0.2) is 84.9 Å². The van der Waals surface area contributed by atoms with Crippen molar-refractivity contribution in [3.63, 3.8) is 0 Å². The van der Waals surface area contributed by atoms with Gasteiger partial charge in [0, 0.05) is 68.1 Å². The summed E-state index contributed by atoms with van der Waals surface area (Å²) in [5.41, 5.74) is 5.25. The molecule has 6 heterocycles. The van der Waals surface area contributed by atoms with Crippen LogP contribution in [0.2, 0.25) is 5.28 Å². The molecule has 0 N–H and O–H groups in total. The van der Waals surface area contributed by atoms with Gasteiger partial charge in [-0.15, -0.1) is 0 Å². The third-order valence-electron chi connectivity index (χ3n) is 10.0. The van der Waals surface area contributed by atoms with Crippen LogP contribution in [0.1, 0.15) is 58.1 Å². The van der Waals surface area contributed by atoms with Crippen molar-refractivity contribution >= 4 is 40.7 Å². The van der Waals surface area contributed by atoms with Gasteiger partial charge in [0.15, 0.2) is 5.82 Å². The predicted octanol–water partition coefficient (Wildman–Crippen LogP) is 6.44. The number of nitro benzene ring substituents is 1. The van der Waals surface area contributed by atoms with E-state index >= 15 is 0 Å². The van der Waals surface area contributed by atoms with Gasteiger partial charge in [-0.1, -0.05) is 75.5 Å². The monoisotopic (exact) mass is 807 g/mol. The summed E-state index contributed by atoms with van der Waals surface area (Å²) in [4.78, 5) is 62.3. The van der Waals surface area contributed by atoms with Crippen molar-refractivity contribution in [2.45, 2.75) is 41.0 Å². The van der Waals surface area contributed by atoms with E-state index in [1.54, 1.807) is 21.9 Å². The van der Waals surface area contributed by atoms with Crippen LogP contribution < -0.4 is 9.80 Å². The van der Waals surface area contributed by atoms with E-state index < -0.39 is 4.92 Å². The van der Waals surface area contributed by atoms with E-state index in [-0.39, 0.29) is 37.6 Å². The van der Waals surface area contributed by atoms with Crippen molar-refractivity contribution in [2.24, 2.45) is 0 Å². The Morgan fingerprint density at radius 2 is 1.07 bits per heavy atom. The second kappa shape index (κ2) is 18.5. The van der Waals surface area contributed by atoms with Gasteiger partial charge < -0.3 is 29.1 Å². The third kappa shape index (κ3) is 8.91. The quantitative estimate of drug-likeness (QED) is 0.0961. The first kappa shape index (κ1) is 41.6. The van der Waals surface area contributed by atoms with Gasteiger partial charge in [-0.25, -0.2) is 19.9 Å². The highest BCUT2D eigenvalue weighted by Gasteiger charge is 2.36. The maximum Gasteiger partial charge on any atom is 0.273 e. The van der Waals surface area contributed by atoms with Crippen LogP contribution in [-0.4, -0.2) is 99.1 Å². The predicted molar refractivity (Wildman–Crippen MR) is 221 cm³/mol. The Hall–Kier alpha value is -6.03. The van der Waals surface area contributed by atoms with E-state index in [0.29, 0.717) is 88.5 Å². The van der Waals surface area contributed by atoms with Gasteiger partial charge in [0.25, 0.3) is 17.5 Å². The molecule has 58 heavy (non-hydrogen) atoms. The van der Waals surface area contributed by atoms with Crippen molar-refractivity contribution in [1.29, 1.82) is 0 Å². The lowest BCUT2D eigenvalue weighted by Gasteiger charge is -2.29. The zero-order chi connectivity index (χ0) is 38.6. The Morgan fingerprint density at radius 1 is 0.621 bits per heavy atom. The molecule has 0 bridgehead atoms. The minimum absolute atomic E-state index is 0. The fraction of sp³-hybridized carbons (Fsp3) is 0.333. The number of morpholine rings is 2. The standard InChI is InChI=1S/C23H21N5O4.C17H17ClN4O2.2CH4/c29-23-20-19(15-27(23)14-16-4-2-1-3-5-16)22(26-10-12-32-13-11-26)25-21(24-20)17-6-8-18(9-7-17)28(30)31;18-17-19-14-13(15(20-17)21-6-8-24-9-7-21)11-22(16(14)23)10-12-4-2-1-3-5-12;;/h1-9H,10-15H2;1-5H,6-11H2;2*1H4. The molecular formula is C42H46ClN9O6. The summed E-state index contributed by atoms with van der Waals surface area (Å²) in [6.07, 6.45) is 0. The maximum absolute atomic E-state index is 13.3. The summed E-state index contributed by atoms with van der Waals surface area (Å²) in [6.45, 7) is 7.31. The minimum atomic E-state index is -0.447. The zero-order valence-corrected chi connectivity index (χ0v) is 31.2. The fourth-order valence-electron chi connectivity index (χ4n) is 7.19. The number of benzene rings is 3. The number of carbonyl (C=O) groups excluding carboxylic acids is 2. The van der Waals surface area contributed by atoms with Crippen LogP contribution >= 0.6 is 11.6 Å². The lowest BCUT2D eigenvalue weighted by molar-refractivity contribution is -0.384. The molecule has 4 aliphatic heterocycles. The van der Waals surface area contributed by atoms with E-state index in [9.17, 15) is 19.7 Å². The van der Waals surface area contributed by atoms with Gasteiger partial charge in [-0.05, 0) is 34.9 Å². The molecule has 302 valence electrons. The molecule has 4 aliphatic rings. The second-order valence-electron chi connectivity index (χ2n) is 13.6. The lowest BCUT2D eigenvalue weighted by Crippen LogP contribution is -2.37. The number of amides is 2. The Labute approximate surface area is 342 Å². The first-order chi connectivity index (χ1) is 27.3. The van der Waals surface area contributed by atoms with E-state index in [4.69, 9.17) is 26.1 Å². The smallest absolute Gasteiger partial charge is 0.273 e. The van der Waals surface area contributed by atoms with Gasteiger partial charge in [-0.3, -0.25) is 19.7 Å². The first-order valence-corrected chi connectivity index (χ1v) is 18.7. The molecule has 0 unspecified atom stereocenters. The first-order valence-electron chi connectivity index (χ1n) is 18.4. The molecule has 2 saturated heterocycles. The van der Waals surface area contributed by atoms with Crippen molar-refractivity contribution < 1.29 is 24.0 Å². The van der Waals surface area contributed by atoms with Crippen molar-refractivity contribution in [3.05, 3.63) is 134 Å². The summed E-state index contributed by atoms with van der Waals surface area (Å²) in [7, 11) is 0. The number of fused-ring (bicyclic) bond motifs is 2. The number of nitro groups is 1. The van der Waals surface area contributed by atoms with Gasteiger partial charge in [-0.2, -0.15) is 0 Å². The topological polar surface area (TPSA) is 160 Å². The normalized spacial score (nSPS) is 15.8. The zero-order valence-electron chi connectivity index (χ0n) is 30.4. The SMILES string of the molecule is C.C.O=C1c2nc(-c3ccc([N+](=O)[O-])cc3)nc(N3CCOCC3)c2CN1Cc1ccccc1.O=C1c2nc(Cl)nc(N3CCOCC3)c2CN1Cc1ccccc1. The number of hydrogen-bond acceptors (Lipinski definition) is 12. The fourth-order valence-corrected chi connectivity index (χ4v) is 7.35. The molecular weight excluding hydrogens is 762 g/mol. The largest absolute Gasteiger partial charge is 0.378 e. The van der Waals surface area contributed by atoms with Crippen molar-refractivity contribution in [1.82, 2.24) is 29.7 Å².